The molecule has 0 unspecified atom stereocenters. The minimum Gasteiger partial charge on any atom is -0.314 e. The summed E-state index contributed by atoms with van der Waals surface area (Å²) in [5.41, 5.74) is 1.88. The number of hydrogen-bond acceptors (Lipinski definition) is 1. The highest BCUT2D eigenvalue weighted by atomic mass is 79.9. The fraction of sp³-hybridized carbons (Fsp3) is 0.625. The van der Waals surface area contributed by atoms with Crippen LogP contribution in [0.2, 0.25) is 0 Å². The van der Waals surface area contributed by atoms with Gasteiger partial charge in [0.1, 0.15) is 0 Å². The molecule has 1 nitrogen and oxygen atoms in total. The maximum atomic E-state index is 3.66. The summed E-state index contributed by atoms with van der Waals surface area (Å²) in [6.07, 6.45) is 6.80. The quantitative estimate of drug-likeness (QED) is 0.853. The van der Waals surface area contributed by atoms with E-state index in [4.69, 9.17) is 0 Å². The summed E-state index contributed by atoms with van der Waals surface area (Å²) in [6.45, 7) is 5.59. The van der Waals surface area contributed by atoms with Gasteiger partial charge in [0, 0.05) is 22.5 Å². The summed E-state index contributed by atoms with van der Waals surface area (Å²) in [5.74, 6) is 0. The van der Waals surface area contributed by atoms with Crippen molar-refractivity contribution in [1.29, 1.82) is 0 Å². The minimum atomic E-state index is 0.364. The lowest BCUT2D eigenvalue weighted by atomic mass is 9.69. The smallest absolute Gasteiger partial charge is 0.0175 e. The molecule has 1 fully saturated rings. The van der Waals surface area contributed by atoms with Crippen molar-refractivity contribution in [3.63, 3.8) is 0 Å². The molecule has 1 aromatic rings. The Kier molecular flexibility index (Phi) is 4.85. The second-order valence-electron chi connectivity index (χ2n) is 5.88. The molecule has 0 aliphatic heterocycles. The molecular formula is C16H24BrN. The molecule has 1 aromatic carbocycles. The minimum absolute atomic E-state index is 0.364. The van der Waals surface area contributed by atoms with Crippen LogP contribution in [-0.2, 0) is 5.41 Å². The summed E-state index contributed by atoms with van der Waals surface area (Å²) in [6, 6.07) is 9.54. The summed E-state index contributed by atoms with van der Waals surface area (Å²) < 4.78 is 1.18. The average molecular weight is 310 g/mol. The molecule has 0 amide bonds. The van der Waals surface area contributed by atoms with Crippen LogP contribution in [0.1, 0.15) is 51.5 Å². The van der Waals surface area contributed by atoms with Crippen molar-refractivity contribution >= 4 is 15.9 Å². The zero-order chi connectivity index (χ0) is 13.0. The third kappa shape index (κ3) is 3.36. The van der Waals surface area contributed by atoms with Crippen molar-refractivity contribution in [2.24, 2.45) is 0 Å². The Balaban J connectivity index is 2.20. The normalized spacial score (nSPS) is 19.1. The van der Waals surface area contributed by atoms with Gasteiger partial charge in [-0.2, -0.15) is 0 Å². The molecule has 100 valence electrons. The van der Waals surface area contributed by atoms with Gasteiger partial charge < -0.3 is 5.32 Å². The first-order valence-corrected chi connectivity index (χ1v) is 7.91. The first kappa shape index (κ1) is 14.1. The Labute approximate surface area is 119 Å². The van der Waals surface area contributed by atoms with E-state index >= 15 is 0 Å². The summed E-state index contributed by atoms with van der Waals surface area (Å²) in [4.78, 5) is 0. The van der Waals surface area contributed by atoms with E-state index in [0.717, 1.165) is 6.54 Å². The SMILES string of the molecule is CC(C)NCC1(c2ccc(Br)cc2)CCCCC1. The van der Waals surface area contributed by atoms with Crippen molar-refractivity contribution in [1.82, 2.24) is 5.32 Å². The van der Waals surface area contributed by atoms with E-state index < -0.39 is 0 Å². The molecule has 1 N–H and O–H groups in total. The van der Waals surface area contributed by atoms with Crippen LogP contribution in [0.25, 0.3) is 0 Å². The lowest BCUT2D eigenvalue weighted by molar-refractivity contribution is 0.273. The Hall–Kier alpha value is -0.340. The van der Waals surface area contributed by atoms with Crippen LogP contribution in [0.4, 0.5) is 0 Å². The standard InChI is InChI=1S/C16H24BrN/c1-13(2)18-12-16(10-4-3-5-11-16)14-6-8-15(17)9-7-14/h6-9,13,18H,3-5,10-12H2,1-2H3. The highest BCUT2D eigenvalue weighted by molar-refractivity contribution is 9.10. The van der Waals surface area contributed by atoms with E-state index in [1.807, 2.05) is 0 Å². The molecule has 1 aliphatic rings. The van der Waals surface area contributed by atoms with Crippen molar-refractivity contribution in [3.05, 3.63) is 34.3 Å². The predicted molar refractivity (Wildman–Crippen MR) is 82.0 cm³/mol. The predicted octanol–water partition coefficient (Wildman–Crippen LogP) is 4.65. The Morgan fingerprint density at radius 3 is 2.28 bits per heavy atom. The third-order valence-electron chi connectivity index (χ3n) is 4.12. The Bertz CT molecular complexity index is 363. The lowest BCUT2D eigenvalue weighted by Crippen LogP contribution is -2.42. The molecule has 0 spiro atoms. The number of hydrogen-bond donors (Lipinski definition) is 1. The van der Waals surface area contributed by atoms with Crippen molar-refractivity contribution in [2.45, 2.75) is 57.4 Å². The topological polar surface area (TPSA) is 12.0 Å². The summed E-state index contributed by atoms with van der Waals surface area (Å²) in [7, 11) is 0. The van der Waals surface area contributed by atoms with Gasteiger partial charge in [0.2, 0.25) is 0 Å². The van der Waals surface area contributed by atoms with Crippen LogP contribution >= 0.6 is 15.9 Å². The number of benzene rings is 1. The van der Waals surface area contributed by atoms with Gasteiger partial charge >= 0.3 is 0 Å². The first-order valence-electron chi connectivity index (χ1n) is 7.12. The maximum Gasteiger partial charge on any atom is 0.0175 e. The zero-order valence-electron chi connectivity index (χ0n) is 11.5. The average Bonchev–Trinajstić information content (AvgIpc) is 2.38. The van der Waals surface area contributed by atoms with Gasteiger partial charge in [-0.1, -0.05) is 61.2 Å². The molecule has 0 heterocycles. The van der Waals surface area contributed by atoms with Crippen LogP contribution in [0.15, 0.2) is 28.7 Å². The first-order chi connectivity index (χ1) is 8.62. The van der Waals surface area contributed by atoms with E-state index in [0.29, 0.717) is 11.5 Å². The fourth-order valence-corrected chi connectivity index (χ4v) is 3.26. The van der Waals surface area contributed by atoms with Crippen molar-refractivity contribution in [3.8, 4) is 0 Å². The lowest BCUT2D eigenvalue weighted by Gasteiger charge is -2.39. The molecule has 0 radical (unpaired) electrons. The van der Waals surface area contributed by atoms with Gasteiger partial charge in [0.25, 0.3) is 0 Å². The van der Waals surface area contributed by atoms with Crippen LogP contribution < -0.4 is 5.32 Å². The monoisotopic (exact) mass is 309 g/mol. The highest BCUT2D eigenvalue weighted by Gasteiger charge is 2.33. The molecule has 1 aliphatic carbocycles. The van der Waals surface area contributed by atoms with Crippen LogP contribution in [0.3, 0.4) is 0 Å². The van der Waals surface area contributed by atoms with Gasteiger partial charge in [-0.25, -0.2) is 0 Å². The van der Waals surface area contributed by atoms with Crippen molar-refractivity contribution < 1.29 is 0 Å². The largest absolute Gasteiger partial charge is 0.314 e. The van der Waals surface area contributed by atoms with E-state index in [9.17, 15) is 0 Å². The van der Waals surface area contributed by atoms with Gasteiger partial charge in [-0.15, -0.1) is 0 Å². The Morgan fingerprint density at radius 1 is 1.11 bits per heavy atom. The van der Waals surface area contributed by atoms with E-state index in [1.165, 1.54) is 42.1 Å². The summed E-state index contributed by atoms with van der Waals surface area (Å²) in [5, 5.41) is 3.66. The van der Waals surface area contributed by atoms with Gasteiger partial charge in [0.15, 0.2) is 0 Å². The van der Waals surface area contributed by atoms with E-state index in [-0.39, 0.29) is 0 Å². The molecule has 0 atom stereocenters. The fourth-order valence-electron chi connectivity index (χ4n) is 3.00. The third-order valence-corrected chi connectivity index (χ3v) is 4.64. The molecule has 0 bridgehead atoms. The number of rotatable bonds is 4. The molecular weight excluding hydrogens is 286 g/mol. The molecule has 2 heteroatoms. The second-order valence-corrected chi connectivity index (χ2v) is 6.80. The molecule has 0 aromatic heterocycles. The van der Waals surface area contributed by atoms with Crippen LogP contribution in [-0.4, -0.2) is 12.6 Å². The van der Waals surface area contributed by atoms with E-state index in [1.54, 1.807) is 0 Å². The van der Waals surface area contributed by atoms with Crippen molar-refractivity contribution in [2.75, 3.05) is 6.54 Å². The van der Waals surface area contributed by atoms with Gasteiger partial charge in [-0.05, 0) is 30.5 Å². The maximum absolute atomic E-state index is 3.66. The van der Waals surface area contributed by atoms with Gasteiger partial charge in [0.05, 0.1) is 0 Å². The van der Waals surface area contributed by atoms with E-state index in [2.05, 4.69) is 59.4 Å². The highest BCUT2D eigenvalue weighted by Crippen LogP contribution is 2.39. The molecule has 1 saturated carbocycles. The van der Waals surface area contributed by atoms with Crippen LogP contribution in [0, 0.1) is 0 Å². The molecule has 18 heavy (non-hydrogen) atoms. The number of halogens is 1. The summed E-state index contributed by atoms with van der Waals surface area (Å²) >= 11 is 3.53. The Morgan fingerprint density at radius 2 is 1.72 bits per heavy atom. The van der Waals surface area contributed by atoms with Gasteiger partial charge in [-0.3, -0.25) is 0 Å². The molecule has 0 saturated heterocycles. The number of nitrogens with one attached hydrogen (secondary N) is 1. The second kappa shape index (κ2) is 6.21. The molecule has 2 rings (SSSR count). The zero-order valence-corrected chi connectivity index (χ0v) is 13.1. The van der Waals surface area contributed by atoms with Crippen LogP contribution in [0.5, 0.6) is 0 Å².